The molecule has 0 spiro atoms. The van der Waals surface area contributed by atoms with Gasteiger partial charge in [-0.1, -0.05) is 13.2 Å². The Morgan fingerprint density at radius 1 is 0.769 bits per heavy atom. The zero-order valence-corrected chi connectivity index (χ0v) is 23.2. The molecule has 0 aliphatic heterocycles. The monoisotopic (exact) mass is 440 g/mol. The third-order valence-corrected chi connectivity index (χ3v) is 5.23. The highest BCUT2D eigenvalue weighted by atomic mass is 28.3. The Kier molecular flexibility index (Phi) is 21.5. The van der Waals surface area contributed by atoms with Gasteiger partial charge in [0.25, 0.3) is 20.0 Å². The minimum absolute atomic E-state index is 0.337. The van der Waals surface area contributed by atoms with Crippen LogP contribution in [0.2, 0.25) is 0 Å². The number of rotatable bonds is 14. The van der Waals surface area contributed by atoms with Crippen LogP contribution in [0.15, 0.2) is 24.3 Å². The van der Waals surface area contributed by atoms with E-state index in [1.807, 2.05) is 0 Å². The van der Waals surface area contributed by atoms with Crippen LogP contribution in [0.25, 0.3) is 0 Å². The molecule has 0 saturated heterocycles. The van der Waals surface area contributed by atoms with Gasteiger partial charge in [0, 0.05) is 37.2 Å². The van der Waals surface area contributed by atoms with Crippen LogP contribution < -0.4 is 0 Å². The van der Waals surface area contributed by atoms with Gasteiger partial charge in [-0.3, -0.25) is 0 Å². The largest absolute Gasteiger partial charge is 0.462 e. The molecule has 0 aliphatic carbocycles. The summed E-state index contributed by atoms with van der Waals surface area (Å²) >= 11 is 0. The molecule has 0 bridgehead atoms. The van der Waals surface area contributed by atoms with E-state index < -0.39 is 20.0 Å². The first-order valence-electron chi connectivity index (χ1n) is 8.15. The van der Waals surface area contributed by atoms with E-state index in [2.05, 4.69) is 13.2 Å². The molecule has 0 atom stereocenters. The summed E-state index contributed by atoms with van der Waals surface area (Å²) in [6.45, 7) is 12.2. The molecule has 0 amide bonds. The lowest BCUT2D eigenvalue weighted by Crippen LogP contribution is -2.10. The van der Waals surface area contributed by atoms with Gasteiger partial charge in [-0.05, 0) is 13.8 Å². The lowest BCUT2D eigenvalue weighted by Gasteiger charge is -2.04. The van der Waals surface area contributed by atoms with Crippen molar-refractivity contribution in [2.45, 2.75) is 26.7 Å². The minimum Gasteiger partial charge on any atom is -0.462 e. The van der Waals surface area contributed by atoms with Gasteiger partial charge in [0.15, 0.2) is 0 Å². The summed E-state index contributed by atoms with van der Waals surface area (Å²) in [6, 6.07) is 0. The predicted octanol–water partition coefficient (Wildman–Crippen LogP) is -2.38. The van der Waals surface area contributed by atoms with Crippen LogP contribution in [0, 0.1) is 0 Å². The number of carbonyl (C=O) groups is 2. The van der Waals surface area contributed by atoms with Gasteiger partial charge in [0.1, 0.15) is 21.0 Å². The average molecular weight is 441 g/mol. The molecule has 0 heterocycles. The summed E-state index contributed by atoms with van der Waals surface area (Å²) in [4.78, 5) is 21.7. The van der Waals surface area contributed by atoms with Crippen LogP contribution in [0.1, 0.15) is 26.7 Å². The zero-order chi connectivity index (χ0) is 20.2. The summed E-state index contributed by atoms with van der Waals surface area (Å²) in [5.74, 6) is -0.673. The Hall–Kier alpha value is -0.872. The fourth-order valence-electron chi connectivity index (χ4n) is 1.18. The van der Waals surface area contributed by atoms with Crippen molar-refractivity contribution in [2.24, 2.45) is 0 Å². The summed E-state index contributed by atoms with van der Waals surface area (Å²) in [5, 5.41) is 0. The van der Waals surface area contributed by atoms with E-state index in [0.717, 1.165) is 33.8 Å². The number of hydrogen-bond donors (Lipinski definition) is 0. The number of esters is 2. The van der Waals surface area contributed by atoms with Crippen molar-refractivity contribution in [3.05, 3.63) is 24.3 Å². The van der Waals surface area contributed by atoms with Crippen molar-refractivity contribution in [3.8, 4) is 0 Å². The molecule has 0 aromatic carbocycles. The van der Waals surface area contributed by atoms with Gasteiger partial charge in [-0.2, -0.15) is 0 Å². The molecule has 0 aromatic heterocycles. The van der Waals surface area contributed by atoms with E-state index in [4.69, 9.17) is 26.6 Å². The van der Waals surface area contributed by atoms with Gasteiger partial charge >= 0.3 is 11.9 Å². The van der Waals surface area contributed by atoms with Gasteiger partial charge in [0.2, 0.25) is 0 Å². The highest BCUT2D eigenvalue weighted by molar-refractivity contribution is 6.27. The molecular weight excluding hydrogens is 408 g/mol. The molecular formula is C14H32O8Si4. The Labute approximate surface area is 166 Å². The van der Waals surface area contributed by atoms with Crippen molar-refractivity contribution in [3.63, 3.8) is 0 Å². The molecule has 0 aromatic rings. The lowest BCUT2D eigenvalue weighted by atomic mass is 10.4. The Balaban J connectivity index is 0. The van der Waals surface area contributed by atoms with Gasteiger partial charge in [0.05, 0.1) is 13.2 Å². The SMILES string of the molecule is C=C(C)C(=O)OCCCO[SiH2]O[SiH3].C=C(C)C(=O)OCCCO[SiH2]O[SiH3]. The van der Waals surface area contributed by atoms with Crippen LogP contribution in [-0.4, -0.2) is 79.4 Å². The highest BCUT2D eigenvalue weighted by Gasteiger charge is 2.02. The molecule has 0 N–H and O–H groups in total. The number of hydrogen-bond acceptors (Lipinski definition) is 8. The number of ether oxygens (including phenoxy) is 2. The molecule has 0 aliphatic rings. The Morgan fingerprint density at radius 2 is 1.12 bits per heavy atom. The van der Waals surface area contributed by atoms with Crippen molar-refractivity contribution in [1.29, 1.82) is 0 Å². The maximum Gasteiger partial charge on any atom is 0.333 e. The third-order valence-electron chi connectivity index (χ3n) is 2.43. The second-order valence-corrected chi connectivity index (χ2v) is 11.1. The predicted molar refractivity (Wildman–Crippen MR) is 112 cm³/mol. The van der Waals surface area contributed by atoms with Gasteiger partial charge in [-0.15, -0.1) is 0 Å². The molecule has 152 valence electrons. The zero-order valence-electron chi connectivity index (χ0n) is 16.3. The van der Waals surface area contributed by atoms with Crippen LogP contribution in [0.4, 0.5) is 0 Å². The maximum atomic E-state index is 10.9. The van der Waals surface area contributed by atoms with Crippen molar-refractivity contribution in [2.75, 3.05) is 26.4 Å². The van der Waals surface area contributed by atoms with Crippen molar-refractivity contribution >= 4 is 52.9 Å². The molecule has 0 unspecified atom stereocenters. The van der Waals surface area contributed by atoms with Crippen molar-refractivity contribution in [1.82, 2.24) is 0 Å². The fourth-order valence-corrected chi connectivity index (χ4v) is 3.16. The van der Waals surface area contributed by atoms with Crippen LogP contribution in [0.5, 0.6) is 0 Å². The van der Waals surface area contributed by atoms with Crippen LogP contribution in [0.3, 0.4) is 0 Å². The van der Waals surface area contributed by atoms with Crippen LogP contribution in [-0.2, 0) is 36.1 Å². The number of carbonyl (C=O) groups excluding carboxylic acids is 2. The Bertz CT molecular complexity index is 382. The average Bonchev–Trinajstić information content (AvgIpc) is 2.60. The quantitative estimate of drug-likeness (QED) is 0.128. The first-order valence-corrected chi connectivity index (χ1v) is 12.1. The third kappa shape index (κ3) is 21.2. The maximum absolute atomic E-state index is 10.9. The standard InChI is InChI=1S/2C7H16O4Si2/c2*1-6(2)7(8)9-4-3-5-10-13-11-12/h2*1,3-5,13H2,2,12H3. The summed E-state index contributed by atoms with van der Waals surface area (Å²) in [7, 11) is 0.0101. The topological polar surface area (TPSA) is 89.5 Å². The van der Waals surface area contributed by atoms with Crippen molar-refractivity contribution < 1.29 is 36.1 Å². The molecule has 0 saturated carbocycles. The lowest BCUT2D eigenvalue weighted by molar-refractivity contribution is -0.140. The summed E-state index contributed by atoms with van der Waals surface area (Å²) in [6.07, 6.45) is 1.44. The molecule has 26 heavy (non-hydrogen) atoms. The van der Waals surface area contributed by atoms with E-state index in [1.165, 1.54) is 0 Å². The van der Waals surface area contributed by atoms with Gasteiger partial charge < -0.3 is 26.6 Å². The second-order valence-electron chi connectivity index (χ2n) is 5.17. The minimum atomic E-state index is -0.738. The first-order chi connectivity index (χ1) is 12.4. The summed E-state index contributed by atoms with van der Waals surface area (Å²) < 4.78 is 29.9. The highest BCUT2D eigenvalue weighted by Crippen LogP contribution is 1.94. The van der Waals surface area contributed by atoms with Gasteiger partial charge in [-0.25, -0.2) is 9.59 Å². The molecule has 0 radical (unpaired) electrons. The van der Waals surface area contributed by atoms with Crippen LogP contribution >= 0.6 is 0 Å². The Morgan fingerprint density at radius 3 is 1.38 bits per heavy atom. The van der Waals surface area contributed by atoms with E-state index >= 15 is 0 Å². The fraction of sp³-hybridized carbons (Fsp3) is 0.571. The van der Waals surface area contributed by atoms with E-state index in [-0.39, 0.29) is 11.9 Å². The molecule has 12 heteroatoms. The molecule has 0 fully saturated rings. The normalized spacial score (nSPS) is 10.8. The molecule has 8 nitrogen and oxygen atoms in total. The molecule has 0 rings (SSSR count). The first kappa shape index (κ1) is 27.3. The smallest absolute Gasteiger partial charge is 0.333 e. The van der Waals surface area contributed by atoms with E-state index in [0.29, 0.717) is 37.6 Å². The summed E-state index contributed by atoms with van der Waals surface area (Å²) in [5.41, 5.74) is 0.858. The van der Waals surface area contributed by atoms with E-state index in [9.17, 15) is 9.59 Å². The van der Waals surface area contributed by atoms with E-state index in [1.54, 1.807) is 13.8 Å². The second kappa shape index (κ2) is 20.4.